The molecule has 0 saturated carbocycles. The van der Waals surface area contributed by atoms with E-state index in [1.807, 2.05) is 13.8 Å². The Bertz CT molecular complexity index is 194. The van der Waals surface area contributed by atoms with E-state index in [9.17, 15) is 0 Å². The van der Waals surface area contributed by atoms with Crippen LogP contribution in [0.1, 0.15) is 13.8 Å². The van der Waals surface area contributed by atoms with Crippen LogP contribution in [0.5, 0.6) is 0 Å². The summed E-state index contributed by atoms with van der Waals surface area (Å²) < 4.78 is 15.7. The lowest BCUT2D eigenvalue weighted by atomic mass is 10.4. The van der Waals surface area contributed by atoms with Gasteiger partial charge in [0, 0.05) is 13.8 Å². The van der Waals surface area contributed by atoms with Gasteiger partial charge in [-0.1, -0.05) is 6.08 Å². The fourth-order valence-corrected chi connectivity index (χ4v) is 0.878. The van der Waals surface area contributed by atoms with Gasteiger partial charge in [0.05, 0.1) is 6.61 Å². The van der Waals surface area contributed by atoms with Gasteiger partial charge in [-0.15, -0.1) is 6.58 Å². The maximum absolute atomic E-state index is 5.37. The molecular weight excluding hydrogens is 156 g/mol. The fourth-order valence-electron chi connectivity index (χ4n) is 0.878. The van der Waals surface area contributed by atoms with E-state index >= 15 is 0 Å². The lowest BCUT2D eigenvalue weighted by Crippen LogP contribution is -2.20. The molecule has 1 aliphatic rings. The first-order chi connectivity index (χ1) is 5.64. The van der Waals surface area contributed by atoms with Crippen molar-refractivity contribution < 1.29 is 14.2 Å². The highest BCUT2D eigenvalue weighted by molar-refractivity contribution is 4.95. The highest BCUT2D eigenvalue weighted by Gasteiger charge is 2.27. The van der Waals surface area contributed by atoms with E-state index in [1.165, 1.54) is 0 Å². The van der Waals surface area contributed by atoms with Crippen LogP contribution >= 0.6 is 0 Å². The summed E-state index contributed by atoms with van der Waals surface area (Å²) in [5.74, 6) is 0.189. The van der Waals surface area contributed by atoms with Crippen molar-refractivity contribution in [2.24, 2.45) is 0 Å². The van der Waals surface area contributed by atoms with Crippen molar-refractivity contribution in [2.45, 2.75) is 19.6 Å². The van der Waals surface area contributed by atoms with E-state index in [4.69, 9.17) is 14.2 Å². The highest BCUT2D eigenvalue weighted by Crippen LogP contribution is 2.23. The molecule has 0 amide bonds. The summed E-state index contributed by atoms with van der Waals surface area (Å²) in [5, 5.41) is 0. The molecule has 0 unspecified atom stereocenters. The zero-order valence-electron chi connectivity index (χ0n) is 7.50. The summed E-state index contributed by atoms with van der Waals surface area (Å²) in [6, 6.07) is 0. The molecule has 0 atom stereocenters. The third-order valence-corrected chi connectivity index (χ3v) is 1.33. The average molecular weight is 170 g/mol. The summed E-state index contributed by atoms with van der Waals surface area (Å²) in [6.07, 6.45) is 3.28. The molecule has 0 N–H and O–H groups in total. The molecular formula is C9H14O3. The quantitative estimate of drug-likeness (QED) is 0.475. The molecule has 0 radical (unpaired) electrons. The Balaban J connectivity index is 2.23. The summed E-state index contributed by atoms with van der Waals surface area (Å²) in [5.41, 5.74) is 0. The van der Waals surface area contributed by atoms with E-state index in [1.54, 1.807) is 12.3 Å². The molecule has 12 heavy (non-hydrogen) atoms. The summed E-state index contributed by atoms with van der Waals surface area (Å²) in [7, 11) is 0. The van der Waals surface area contributed by atoms with Crippen LogP contribution in [0.25, 0.3) is 0 Å². The number of hydrogen-bond donors (Lipinski definition) is 0. The Labute approximate surface area is 72.6 Å². The predicted octanol–water partition coefficient (Wildman–Crippen LogP) is 1.81. The molecule has 3 heteroatoms. The molecule has 0 aromatic carbocycles. The van der Waals surface area contributed by atoms with Crippen molar-refractivity contribution in [3.05, 3.63) is 24.7 Å². The van der Waals surface area contributed by atoms with E-state index in [0.717, 1.165) is 5.76 Å². The standard InChI is InChI=1S/C9H14O3/c1-4-5-10-6-8-7-11-9(2,3)12-8/h4,7H,1,5-6H2,2-3H3. The molecule has 0 aromatic rings. The van der Waals surface area contributed by atoms with Crippen LogP contribution in [0, 0.1) is 0 Å². The van der Waals surface area contributed by atoms with Crippen LogP contribution in [0.3, 0.4) is 0 Å². The van der Waals surface area contributed by atoms with Crippen LogP contribution in [0.15, 0.2) is 24.7 Å². The van der Waals surface area contributed by atoms with Gasteiger partial charge >= 0.3 is 0 Å². The van der Waals surface area contributed by atoms with Crippen LogP contribution < -0.4 is 0 Å². The minimum absolute atomic E-state index is 0.440. The number of ether oxygens (including phenoxy) is 3. The lowest BCUT2D eigenvalue weighted by Gasteiger charge is -2.17. The summed E-state index contributed by atoms with van der Waals surface area (Å²) in [6.45, 7) is 8.21. The maximum Gasteiger partial charge on any atom is 0.244 e. The Morgan fingerprint density at radius 3 is 2.92 bits per heavy atom. The Morgan fingerprint density at radius 1 is 1.67 bits per heavy atom. The Hall–Kier alpha value is -0.960. The molecule has 1 heterocycles. The van der Waals surface area contributed by atoms with Crippen LogP contribution in [0.4, 0.5) is 0 Å². The van der Waals surface area contributed by atoms with Gasteiger partial charge in [-0.2, -0.15) is 0 Å². The first kappa shape index (κ1) is 9.13. The molecule has 68 valence electrons. The normalized spacial score (nSPS) is 19.3. The van der Waals surface area contributed by atoms with Gasteiger partial charge in [0.25, 0.3) is 0 Å². The monoisotopic (exact) mass is 170 g/mol. The van der Waals surface area contributed by atoms with Gasteiger partial charge in [-0.3, -0.25) is 0 Å². The van der Waals surface area contributed by atoms with Gasteiger partial charge in [0.15, 0.2) is 5.76 Å². The molecule has 1 rings (SSSR count). The van der Waals surface area contributed by atoms with Gasteiger partial charge in [-0.05, 0) is 0 Å². The van der Waals surface area contributed by atoms with Crippen molar-refractivity contribution in [3.8, 4) is 0 Å². The van der Waals surface area contributed by atoms with E-state index < -0.39 is 5.79 Å². The van der Waals surface area contributed by atoms with Crippen molar-refractivity contribution in [2.75, 3.05) is 13.2 Å². The first-order valence-corrected chi connectivity index (χ1v) is 3.88. The Kier molecular flexibility index (Phi) is 2.76. The SMILES string of the molecule is C=CCOCC1=COC(C)(C)O1. The predicted molar refractivity (Wildman–Crippen MR) is 45.3 cm³/mol. The highest BCUT2D eigenvalue weighted by atomic mass is 16.7. The zero-order valence-corrected chi connectivity index (χ0v) is 7.50. The van der Waals surface area contributed by atoms with Crippen LogP contribution in [-0.4, -0.2) is 19.0 Å². The van der Waals surface area contributed by atoms with E-state index in [0.29, 0.717) is 13.2 Å². The van der Waals surface area contributed by atoms with Gasteiger partial charge in [0.1, 0.15) is 12.9 Å². The molecule has 3 nitrogen and oxygen atoms in total. The summed E-state index contributed by atoms with van der Waals surface area (Å²) in [4.78, 5) is 0. The minimum atomic E-state index is -0.535. The lowest BCUT2D eigenvalue weighted by molar-refractivity contribution is -0.121. The third kappa shape index (κ3) is 2.58. The average Bonchev–Trinajstić information content (AvgIpc) is 2.31. The molecule has 0 aromatic heterocycles. The van der Waals surface area contributed by atoms with Gasteiger partial charge in [0.2, 0.25) is 5.79 Å². The fraction of sp³-hybridized carbons (Fsp3) is 0.556. The second kappa shape index (κ2) is 3.63. The second-order valence-electron chi connectivity index (χ2n) is 3.01. The van der Waals surface area contributed by atoms with E-state index in [2.05, 4.69) is 6.58 Å². The third-order valence-electron chi connectivity index (χ3n) is 1.33. The molecule has 0 bridgehead atoms. The van der Waals surface area contributed by atoms with E-state index in [-0.39, 0.29) is 0 Å². The van der Waals surface area contributed by atoms with Gasteiger partial charge < -0.3 is 14.2 Å². The second-order valence-corrected chi connectivity index (χ2v) is 3.01. The minimum Gasteiger partial charge on any atom is -0.457 e. The molecule has 0 fully saturated rings. The van der Waals surface area contributed by atoms with Gasteiger partial charge in [-0.25, -0.2) is 0 Å². The first-order valence-electron chi connectivity index (χ1n) is 3.88. The molecule has 1 aliphatic heterocycles. The number of hydrogen-bond acceptors (Lipinski definition) is 3. The summed E-state index contributed by atoms with van der Waals surface area (Å²) >= 11 is 0. The van der Waals surface area contributed by atoms with Crippen molar-refractivity contribution in [1.82, 2.24) is 0 Å². The van der Waals surface area contributed by atoms with Crippen LogP contribution in [0.2, 0.25) is 0 Å². The Morgan fingerprint density at radius 2 is 2.42 bits per heavy atom. The molecule has 0 saturated heterocycles. The molecule has 0 spiro atoms. The molecule has 0 aliphatic carbocycles. The number of rotatable bonds is 4. The van der Waals surface area contributed by atoms with Crippen molar-refractivity contribution in [3.63, 3.8) is 0 Å². The topological polar surface area (TPSA) is 27.7 Å². The smallest absolute Gasteiger partial charge is 0.244 e. The van der Waals surface area contributed by atoms with Crippen molar-refractivity contribution in [1.29, 1.82) is 0 Å². The maximum atomic E-state index is 5.37. The largest absolute Gasteiger partial charge is 0.457 e. The van der Waals surface area contributed by atoms with Crippen molar-refractivity contribution >= 4 is 0 Å². The zero-order chi connectivity index (χ0) is 9.03. The van der Waals surface area contributed by atoms with Crippen LogP contribution in [-0.2, 0) is 14.2 Å².